The van der Waals surface area contributed by atoms with Crippen molar-refractivity contribution in [1.29, 1.82) is 0 Å². The highest BCUT2D eigenvalue weighted by Crippen LogP contribution is 2.47. The van der Waals surface area contributed by atoms with E-state index in [1.54, 1.807) is 28.3 Å². The first-order valence-electron chi connectivity index (χ1n) is 12.3. The first-order chi connectivity index (χ1) is 17.9. The second-order valence-corrected chi connectivity index (χ2v) is 9.08. The molecule has 37 heavy (non-hydrogen) atoms. The zero-order valence-corrected chi connectivity index (χ0v) is 22.1. The molecule has 0 N–H and O–H groups in total. The lowest BCUT2D eigenvalue weighted by molar-refractivity contribution is -0.136. The second-order valence-electron chi connectivity index (χ2n) is 9.08. The Hall–Kier alpha value is -3.81. The molecule has 8 heteroatoms. The van der Waals surface area contributed by atoms with E-state index in [1.807, 2.05) is 43.3 Å². The molecule has 1 aliphatic heterocycles. The highest BCUT2D eigenvalue weighted by Gasteiger charge is 2.46. The Balaban J connectivity index is 1.78. The third-order valence-electron chi connectivity index (χ3n) is 7.09. The van der Waals surface area contributed by atoms with Gasteiger partial charge in [-0.3, -0.25) is 9.79 Å². The zero-order chi connectivity index (χ0) is 26.7. The molecule has 1 fully saturated rings. The van der Waals surface area contributed by atoms with Crippen molar-refractivity contribution in [2.45, 2.75) is 38.5 Å². The van der Waals surface area contributed by atoms with Gasteiger partial charge in [-0.1, -0.05) is 12.1 Å². The maximum Gasteiger partial charge on any atom is 0.336 e. The Morgan fingerprint density at radius 1 is 0.865 bits per heavy atom. The first-order valence-corrected chi connectivity index (χ1v) is 12.3. The van der Waals surface area contributed by atoms with Crippen LogP contribution in [0.2, 0.25) is 0 Å². The van der Waals surface area contributed by atoms with Gasteiger partial charge in [0.05, 0.1) is 46.5 Å². The molecule has 2 aromatic carbocycles. The molecule has 1 unspecified atom stereocenters. The third-order valence-corrected chi connectivity index (χ3v) is 7.09. The Morgan fingerprint density at radius 2 is 1.49 bits per heavy atom. The summed E-state index contributed by atoms with van der Waals surface area (Å²) in [7, 11) is 6.09. The number of fused-ring (bicyclic) bond motifs is 1. The smallest absolute Gasteiger partial charge is 0.336 e. The van der Waals surface area contributed by atoms with Crippen LogP contribution in [0.1, 0.15) is 49.7 Å². The molecule has 196 valence electrons. The standard InChI is InChI=1S/C29H33NO7/c1-7-37-23-11-9-18(15-25(23)35-5)27-26(29(32)36-6)16(2)30-20-12-19(13-21(31)28(20)27)17-8-10-22(33-3)24(14-17)34-4/h8-11,14-15,19,27-28H,7,12-13H2,1-6H3/t19-,27-,28?/m0/s1. The van der Waals surface area contributed by atoms with E-state index in [0.29, 0.717) is 53.7 Å². The molecule has 0 amide bonds. The predicted molar refractivity (Wildman–Crippen MR) is 139 cm³/mol. The van der Waals surface area contributed by atoms with Crippen LogP contribution in [-0.4, -0.2) is 52.5 Å². The summed E-state index contributed by atoms with van der Waals surface area (Å²) in [6, 6.07) is 11.3. The van der Waals surface area contributed by atoms with Crippen LogP contribution in [0.3, 0.4) is 0 Å². The number of rotatable bonds is 8. The summed E-state index contributed by atoms with van der Waals surface area (Å²) in [6.07, 6.45) is 0.902. The number of carbonyl (C=O) groups is 2. The van der Waals surface area contributed by atoms with Crippen molar-refractivity contribution in [3.8, 4) is 23.0 Å². The lowest BCUT2D eigenvalue weighted by Crippen LogP contribution is -2.41. The van der Waals surface area contributed by atoms with Crippen LogP contribution in [0.15, 0.2) is 52.7 Å². The third kappa shape index (κ3) is 4.92. The van der Waals surface area contributed by atoms with Crippen molar-refractivity contribution >= 4 is 17.5 Å². The number of hydrogen-bond acceptors (Lipinski definition) is 8. The number of aliphatic imine (C=N–C) groups is 1. The number of nitrogens with zero attached hydrogens (tertiary/aromatic N) is 1. The summed E-state index contributed by atoms with van der Waals surface area (Å²) >= 11 is 0. The van der Waals surface area contributed by atoms with E-state index < -0.39 is 17.8 Å². The summed E-state index contributed by atoms with van der Waals surface area (Å²) in [5.74, 6) is 0.741. The summed E-state index contributed by atoms with van der Waals surface area (Å²) in [5.41, 5.74) is 3.46. The molecule has 0 radical (unpaired) electrons. The minimum Gasteiger partial charge on any atom is -0.493 e. The molecule has 2 aliphatic rings. The van der Waals surface area contributed by atoms with Crippen LogP contribution < -0.4 is 18.9 Å². The van der Waals surface area contributed by atoms with E-state index in [4.69, 9.17) is 28.7 Å². The van der Waals surface area contributed by atoms with E-state index in [2.05, 4.69) is 0 Å². The molecule has 2 aromatic rings. The van der Waals surface area contributed by atoms with E-state index >= 15 is 0 Å². The minimum atomic E-state index is -0.572. The molecule has 0 spiro atoms. The highest BCUT2D eigenvalue weighted by molar-refractivity contribution is 6.12. The number of benzene rings is 2. The van der Waals surface area contributed by atoms with Crippen LogP contribution in [0.5, 0.6) is 23.0 Å². The van der Waals surface area contributed by atoms with Crippen LogP contribution in [0.4, 0.5) is 0 Å². The lowest BCUT2D eigenvalue weighted by Gasteiger charge is -2.38. The second kappa shape index (κ2) is 11.1. The number of ether oxygens (including phenoxy) is 5. The molecule has 1 saturated carbocycles. The normalized spacial score (nSPS) is 21.1. The fraction of sp³-hybridized carbons (Fsp3) is 0.414. The zero-order valence-electron chi connectivity index (χ0n) is 22.1. The van der Waals surface area contributed by atoms with Gasteiger partial charge in [-0.25, -0.2) is 4.79 Å². The molecule has 3 atom stereocenters. The summed E-state index contributed by atoms with van der Waals surface area (Å²) < 4.78 is 27.2. The van der Waals surface area contributed by atoms with E-state index in [-0.39, 0.29) is 11.7 Å². The SMILES string of the molecule is CCOc1ccc([C@H]2C(C(=O)OC)=C(C)N=C3C[C@H](c4ccc(OC)c(OC)c4)CC(=O)C32)cc1OC. The van der Waals surface area contributed by atoms with Crippen LogP contribution in [0.25, 0.3) is 0 Å². The molecule has 1 aliphatic carbocycles. The van der Waals surface area contributed by atoms with E-state index in [1.165, 1.54) is 7.11 Å². The van der Waals surface area contributed by atoms with E-state index in [9.17, 15) is 9.59 Å². The van der Waals surface area contributed by atoms with Crippen molar-refractivity contribution in [3.05, 3.63) is 58.8 Å². The van der Waals surface area contributed by atoms with Gasteiger partial charge < -0.3 is 23.7 Å². The summed E-state index contributed by atoms with van der Waals surface area (Å²) in [5, 5.41) is 0. The topological polar surface area (TPSA) is 92.7 Å². The Kier molecular flexibility index (Phi) is 7.86. The molecule has 0 saturated heterocycles. The van der Waals surface area contributed by atoms with Gasteiger partial charge in [0.2, 0.25) is 0 Å². The molecule has 0 aromatic heterocycles. The molecule has 4 rings (SSSR count). The Morgan fingerprint density at radius 3 is 2.14 bits per heavy atom. The van der Waals surface area contributed by atoms with Crippen LogP contribution in [0, 0.1) is 5.92 Å². The van der Waals surface area contributed by atoms with Crippen LogP contribution in [-0.2, 0) is 14.3 Å². The predicted octanol–water partition coefficient (Wildman–Crippen LogP) is 4.86. The molecule has 0 bridgehead atoms. The first kappa shape index (κ1) is 26.3. The molecular weight excluding hydrogens is 474 g/mol. The van der Waals surface area contributed by atoms with Gasteiger partial charge in [0.15, 0.2) is 23.0 Å². The van der Waals surface area contributed by atoms with Crippen LogP contribution >= 0.6 is 0 Å². The maximum atomic E-state index is 13.8. The molecule has 1 heterocycles. The average molecular weight is 508 g/mol. The van der Waals surface area contributed by atoms with Gasteiger partial charge in [-0.2, -0.15) is 0 Å². The Labute approximate surface area is 217 Å². The van der Waals surface area contributed by atoms with Crippen molar-refractivity contribution in [2.75, 3.05) is 35.0 Å². The van der Waals surface area contributed by atoms with Crippen molar-refractivity contribution in [3.63, 3.8) is 0 Å². The van der Waals surface area contributed by atoms with Crippen molar-refractivity contribution in [2.24, 2.45) is 10.9 Å². The quantitative estimate of drug-likeness (QED) is 0.471. The maximum absolute atomic E-state index is 13.8. The molecular formula is C29H33NO7. The van der Waals surface area contributed by atoms with Crippen molar-refractivity contribution < 1.29 is 33.3 Å². The number of ketones is 1. The van der Waals surface area contributed by atoms with Crippen molar-refractivity contribution in [1.82, 2.24) is 0 Å². The number of allylic oxidation sites excluding steroid dienone is 1. The fourth-order valence-electron chi connectivity index (χ4n) is 5.41. The van der Waals surface area contributed by atoms with Gasteiger partial charge in [0.25, 0.3) is 0 Å². The number of methoxy groups -OCH3 is 4. The summed E-state index contributed by atoms with van der Waals surface area (Å²) in [6.45, 7) is 4.17. The minimum absolute atomic E-state index is 0.0246. The Bertz CT molecular complexity index is 1260. The average Bonchev–Trinajstić information content (AvgIpc) is 2.91. The van der Waals surface area contributed by atoms with Gasteiger partial charge in [-0.05, 0) is 61.6 Å². The monoisotopic (exact) mass is 507 g/mol. The largest absolute Gasteiger partial charge is 0.493 e. The van der Waals surface area contributed by atoms with Gasteiger partial charge in [0, 0.05) is 23.7 Å². The van der Waals surface area contributed by atoms with E-state index in [0.717, 1.165) is 16.8 Å². The van der Waals surface area contributed by atoms with Gasteiger partial charge in [0.1, 0.15) is 5.78 Å². The van der Waals surface area contributed by atoms with Gasteiger partial charge >= 0.3 is 5.97 Å². The molecule has 8 nitrogen and oxygen atoms in total. The fourth-order valence-corrected chi connectivity index (χ4v) is 5.41. The van der Waals surface area contributed by atoms with Gasteiger partial charge in [-0.15, -0.1) is 0 Å². The number of esters is 1. The number of hydrogen-bond donors (Lipinski definition) is 0. The lowest BCUT2D eigenvalue weighted by atomic mass is 9.66. The highest BCUT2D eigenvalue weighted by atomic mass is 16.5. The number of carbonyl (C=O) groups excluding carboxylic acids is 2. The number of Topliss-reactive ketones (excluding diaryl/α,β-unsaturated/α-hetero) is 1. The summed E-state index contributed by atoms with van der Waals surface area (Å²) in [4.78, 5) is 31.5.